The van der Waals surface area contributed by atoms with E-state index in [-0.39, 0.29) is 36.1 Å². The van der Waals surface area contributed by atoms with Gasteiger partial charge < -0.3 is 14.6 Å². The minimum Gasteiger partial charge on any atom is -0.507 e. The van der Waals surface area contributed by atoms with Gasteiger partial charge in [0.15, 0.2) is 5.78 Å². The van der Waals surface area contributed by atoms with Crippen LogP contribution in [0.5, 0.6) is 17.2 Å². The highest BCUT2D eigenvalue weighted by Gasteiger charge is 2.47. The third kappa shape index (κ3) is 2.77. The van der Waals surface area contributed by atoms with Gasteiger partial charge in [0.1, 0.15) is 35.0 Å². The number of phenolic OH excluding ortho intramolecular Hbond substituents is 1. The molecule has 2 aliphatic heterocycles. The van der Waals surface area contributed by atoms with Crippen LogP contribution >= 0.6 is 0 Å². The number of carbonyl (C=O) groups excluding carboxylic acids is 1. The van der Waals surface area contributed by atoms with E-state index < -0.39 is 0 Å². The number of aromatic hydroxyl groups is 1. The standard InChI is InChI=1S/C25H26O4/c1-13(2)16-10-9-14(3)25-21(16)23-20(29-25)12-19-22(24(23)27)17(26)11-18(28-19)15-7-5-4-6-8-15/h4-9,12-13,16,18,21,25,27H,10-11H2,1-3H3/t16-,18-,21+,25+/m0/s1. The van der Waals surface area contributed by atoms with Crippen molar-refractivity contribution in [3.8, 4) is 17.2 Å². The summed E-state index contributed by atoms with van der Waals surface area (Å²) in [6, 6.07) is 11.6. The fourth-order valence-corrected chi connectivity index (χ4v) is 5.19. The summed E-state index contributed by atoms with van der Waals surface area (Å²) in [5, 5.41) is 11.2. The van der Waals surface area contributed by atoms with E-state index in [4.69, 9.17) is 9.47 Å². The van der Waals surface area contributed by atoms with Crippen molar-refractivity contribution < 1.29 is 19.4 Å². The lowest BCUT2D eigenvalue weighted by Crippen LogP contribution is -2.32. The molecule has 0 fully saturated rings. The number of fused-ring (bicyclic) bond motifs is 4. The smallest absolute Gasteiger partial charge is 0.174 e. The van der Waals surface area contributed by atoms with Gasteiger partial charge in [0.05, 0.1) is 6.42 Å². The van der Waals surface area contributed by atoms with Crippen molar-refractivity contribution in [2.45, 2.75) is 51.7 Å². The fourth-order valence-electron chi connectivity index (χ4n) is 5.19. The van der Waals surface area contributed by atoms with E-state index in [1.807, 2.05) is 36.4 Å². The normalized spacial score (nSPS) is 27.4. The topological polar surface area (TPSA) is 55.8 Å². The Morgan fingerprint density at radius 1 is 1.10 bits per heavy atom. The Hall–Kier alpha value is -2.75. The molecule has 4 atom stereocenters. The van der Waals surface area contributed by atoms with Gasteiger partial charge in [-0.05, 0) is 36.3 Å². The van der Waals surface area contributed by atoms with Crippen LogP contribution in [-0.2, 0) is 0 Å². The van der Waals surface area contributed by atoms with Gasteiger partial charge in [-0.2, -0.15) is 0 Å². The predicted molar refractivity (Wildman–Crippen MR) is 111 cm³/mol. The lowest BCUT2D eigenvalue weighted by Gasteiger charge is -2.35. The summed E-state index contributed by atoms with van der Waals surface area (Å²) in [6.07, 6.45) is 3.01. The SMILES string of the molecule is CC1=CC[C@@H](C(C)C)[C@@H]2c3c(cc4c(c3O)C(=O)C[C@@H](c3ccccc3)O4)O[C@H]12. The van der Waals surface area contributed by atoms with Crippen molar-refractivity contribution in [1.82, 2.24) is 0 Å². The average Bonchev–Trinajstić information content (AvgIpc) is 3.09. The van der Waals surface area contributed by atoms with Gasteiger partial charge in [-0.1, -0.05) is 50.3 Å². The summed E-state index contributed by atoms with van der Waals surface area (Å²) in [5.41, 5.74) is 3.25. The Labute approximate surface area is 171 Å². The highest BCUT2D eigenvalue weighted by atomic mass is 16.5. The van der Waals surface area contributed by atoms with E-state index in [2.05, 4.69) is 26.8 Å². The van der Waals surface area contributed by atoms with E-state index in [0.717, 1.165) is 17.5 Å². The molecule has 0 radical (unpaired) electrons. The lowest BCUT2D eigenvalue weighted by molar-refractivity contribution is 0.0844. The van der Waals surface area contributed by atoms with Gasteiger partial charge in [-0.25, -0.2) is 0 Å². The maximum absolute atomic E-state index is 13.0. The molecule has 0 saturated heterocycles. The molecular weight excluding hydrogens is 364 g/mol. The maximum Gasteiger partial charge on any atom is 0.174 e. The van der Waals surface area contributed by atoms with Crippen LogP contribution in [0.4, 0.5) is 0 Å². The summed E-state index contributed by atoms with van der Waals surface area (Å²) >= 11 is 0. The zero-order valence-electron chi connectivity index (χ0n) is 17.0. The van der Waals surface area contributed by atoms with Crippen LogP contribution in [0.2, 0.25) is 0 Å². The summed E-state index contributed by atoms with van der Waals surface area (Å²) in [5.74, 6) is 1.94. The number of carbonyl (C=O) groups is 1. The zero-order chi connectivity index (χ0) is 20.3. The number of hydrogen-bond donors (Lipinski definition) is 1. The van der Waals surface area contributed by atoms with E-state index in [1.54, 1.807) is 0 Å². The predicted octanol–water partition coefficient (Wildman–Crippen LogP) is 5.57. The Morgan fingerprint density at radius 2 is 1.86 bits per heavy atom. The third-order valence-electron chi connectivity index (χ3n) is 6.75. The van der Waals surface area contributed by atoms with Crippen LogP contribution in [0.25, 0.3) is 0 Å². The number of hydrogen-bond acceptors (Lipinski definition) is 4. The number of ketones is 1. The molecule has 0 bridgehead atoms. The second kappa shape index (κ2) is 6.65. The zero-order valence-corrected chi connectivity index (χ0v) is 17.0. The molecule has 0 amide bonds. The van der Waals surface area contributed by atoms with Gasteiger partial charge in [-0.15, -0.1) is 0 Å². The van der Waals surface area contributed by atoms with E-state index >= 15 is 0 Å². The van der Waals surface area contributed by atoms with E-state index in [9.17, 15) is 9.90 Å². The quantitative estimate of drug-likeness (QED) is 0.682. The van der Waals surface area contributed by atoms with Crippen molar-refractivity contribution in [2.75, 3.05) is 0 Å². The van der Waals surface area contributed by atoms with Crippen molar-refractivity contribution in [3.05, 3.63) is 64.7 Å². The second-order valence-electron chi connectivity index (χ2n) is 8.81. The summed E-state index contributed by atoms with van der Waals surface area (Å²) < 4.78 is 12.5. The molecule has 0 saturated carbocycles. The number of benzene rings is 2. The van der Waals surface area contributed by atoms with Crippen molar-refractivity contribution >= 4 is 5.78 Å². The van der Waals surface area contributed by atoms with Crippen molar-refractivity contribution in [2.24, 2.45) is 11.8 Å². The Morgan fingerprint density at radius 3 is 2.59 bits per heavy atom. The van der Waals surface area contributed by atoms with Crippen LogP contribution in [-0.4, -0.2) is 17.0 Å². The highest BCUT2D eigenvalue weighted by Crippen LogP contribution is 2.57. The fraction of sp³-hybridized carbons (Fsp3) is 0.400. The van der Waals surface area contributed by atoms with Crippen LogP contribution < -0.4 is 9.47 Å². The molecule has 1 N–H and O–H groups in total. The second-order valence-corrected chi connectivity index (χ2v) is 8.81. The molecule has 4 nitrogen and oxygen atoms in total. The Bertz CT molecular complexity index is 1010. The number of rotatable bonds is 2. The Balaban J connectivity index is 1.60. The van der Waals surface area contributed by atoms with E-state index in [1.165, 1.54) is 5.57 Å². The monoisotopic (exact) mass is 390 g/mol. The largest absolute Gasteiger partial charge is 0.507 e. The number of ether oxygens (including phenoxy) is 2. The lowest BCUT2D eigenvalue weighted by atomic mass is 9.70. The number of Topliss-reactive ketones (excluding diaryl/α,β-unsaturated/α-hetero) is 1. The number of allylic oxidation sites excluding steroid dienone is 1. The van der Waals surface area contributed by atoms with Crippen LogP contribution in [0.1, 0.15) is 67.1 Å². The minimum absolute atomic E-state index is 0.0573. The summed E-state index contributed by atoms with van der Waals surface area (Å²) in [4.78, 5) is 13.0. The summed E-state index contributed by atoms with van der Waals surface area (Å²) in [7, 11) is 0. The third-order valence-corrected chi connectivity index (χ3v) is 6.75. The molecule has 0 spiro atoms. The van der Waals surface area contributed by atoms with Gasteiger partial charge in [-0.3, -0.25) is 4.79 Å². The molecule has 2 heterocycles. The molecule has 5 rings (SSSR count). The average molecular weight is 390 g/mol. The molecule has 0 aromatic heterocycles. The van der Waals surface area contributed by atoms with Crippen molar-refractivity contribution in [3.63, 3.8) is 0 Å². The molecule has 4 heteroatoms. The maximum atomic E-state index is 13.0. The molecule has 2 aromatic rings. The highest BCUT2D eigenvalue weighted by molar-refractivity contribution is 6.03. The first-order valence-electron chi connectivity index (χ1n) is 10.4. The van der Waals surface area contributed by atoms with Crippen LogP contribution in [0, 0.1) is 11.8 Å². The van der Waals surface area contributed by atoms with Crippen LogP contribution in [0.3, 0.4) is 0 Å². The van der Waals surface area contributed by atoms with Crippen LogP contribution in [0.15, 0.2) is 48.0 Å². The van der Waals surface area contributed by atoms with Gasteiger partial charge in [0, 0.05) is 17.5 Å². The summed E-state index contributed by atoms with van der Waals surface area (Å²) in [6.45, 7) is 6.51. The molecule has 150 valence electrons. The first-order valence-corrected chi connectivity index (χ1v) is 10.4. The Kier molecular flexibility index (Phi) is 4.19. The van der Waals surface area contributed by atoms with Gasteiger partial charge >= 0.3 is 0 Å². The molecule has 0 unspecified atom stereocenters. The van der Waals surface area contributed by atoms with E-state index in [0.29, 0.717) is 28.9 Å². The van der Waals surface area contributed by atoms with Gasteiger partial charge in [0.25, 0.3) is 0 Å². The first-order chi connectivity index (χ1) is 14.0. The first kappa shape index (κ1) is 18.3. The number of phenols is 1. The minimum atomic E-state index is -0.345. The molecular formula is C25H26O4. The molecule has 29 heavy (non-hydrogen) atoms. The molecule has 3 aliphatic rings. The molecule has 1 aliphatic carbocycles. The molecule has 2 aromatic carbocycles. The van der Waals surface area contributed by atoms with Gasteiger partial charge in [0.2, 0.25) is 0 Å². The van der Waals surface area contributed by atoms with Crippen molar-refractivity contribution in [1.29, 1.82) is 0 Å².